The van der Waals surface area contributed by atoms with Gasteiger partial charge in [0.2, 0.25) is 0 Å². The Balaban J connectivity index is 2.07. The summed E-state index contributed by atoms with van der Waals surface area (Å²) < 4.78 is 5.08. The zero-order chi connectivity index (χ0) is 15.2. The van der Waals surface area contributed by atoms with Gasteiger partial charge in [-0.1, -0.05) is 12.1 Å². The second-order valence-corrected chi connectivity index (χ2v) is 5.28. The predicted octanol–water partition coefficient (Wildman–Crippen LogP) is 1.46. The second kappa shape index (κ2) is 7.28. The summed E-state index contributed by atoms with van der Waals surface area (Å²) in [6.07, 6.45) is 0.246. The Morgan fingerprint density at radius 1 is 1.33 bits per heavy atom. The van der Waals surface area contributed by atoms with Gasteiger partial charge in [-0.05, 0) is 43.6 Å². The van der Waals surface area contributed by atoms with Crippen LogP contribution < -0.4 is 10.1 Å². The van der Waals surface area contributed by atoms with Crippen LogP contribution in [-0.2, 0) is 0 Å². The topological polar surface area (TPSA) is 82.0 Å². The number of nitrogens with one attached hydrogen (secondary N) is 1. The van der Waals surface area contributed by atoms with E-state index < -0.39 is 18.2 Å². The highest BCUT2D eigenvalue weighted by Gasteiger charge is 2.26. The van der Waals surface area contributed by atoms with Crippen LogP contribution in [0, 0.1) is 0 Å². The number of ether oxygens (including phenoxy) is 1. The Hall–Kier alpha value is -1.79. The number of nitrogens with zero attached hydrogens (tertiary/aromatic N) is 1. The summed E-state index contributed by atoms with van der Waals surface area (Å²) in [5, 5.41) is 21.9. The standard InChI is InChI=1S/C15H22N2O4/c1-21-12-6-4-11(5-7-12)14(18)13(16-15(19)20)10-17-8-2-3-9-17/h4-7,13-14,16,18H,2-3,8-10H2,1H3,(H,19,20). The Labute approximate surface area is 124 Å². The number of rotatable bonds is 6. The van der Waals surface area contributed by atoms with Gasteiger partial charge in [-0.3, -0.25) is 0 Å². The molecule has 2 rings (SSSR count). The lowest BCUT2D eigenvalue weighted by Gasteiger charge is -2.27. The first-order valence-electron chi connectivity index (χ1n) is 7.14. The number of carboxylic acid groups (broad SMARTS) is 1. The zero-order valence-electron chi connectivity index (χ0n) is 12.2. The maximum Gasteiger partial charge on any atom is 0.405 e. The molecule has 1 aromatic carbocycles. The van der Waals surface area contributed by atoms with Crippen molar-refractivity contribution in [3.8, 4) is 5.75 Å². The molecule has 0 spiro atoms. The lowest BCUT2D eigenvalue weighted by Crippen LogP contribution is -2.46. The molecule has 1 amide bonds. The predicted molar refractivity (Wildman–Crippen MR) is 78.6 cm³/mol. The van der Waals surface area contributed by atoms with Crippen molar-refractivity contribution in [1.29, 1.82) is 0 Å². The number of carbonyl (C=O) groups is 1. The first-order chi connectivity index (χ1) is 10.1. The fourth-order valence-corrected chi connectivity index (χ4v) is 2.66. The molecule has 0 aliphatic carbocycles. The van der Waals surface area contributed by atoms with E-state index in [2.05, 4.69) is 10.2 Å². The lowest BCUT2D eigenvalue weighted by molar-refractivity contribution is 0.102. The smallest absolute Gasteiger partial charge is 0.405 e. The van der Waals surface area contributed by atoms with Crippen molar-refractivity contribution in [2.24, 2.45) is 0 Å². The summed E-state index contributed by atoms with van der Waals surface area (Å²) in [4.78, 5) is 13.1. The van der Waals surface area contributed by atoms with Crippen molar-refractivity contribution < 1.29 is 19.7 Å². The number of likely N-dealkylation sites (tertiary alicyclic amines) is 1. The third-order valence-electron chi connectivity index (χ3n) is 3.80. The van der Waals surface area contributed by atoms with E-state index in [4.69, 9.17) is 9.84 Å². The Morgan fingerprint density at radius 2 is 1.95 bits per heavy atom. The number of hydrogen-bond donors (Lipinski definition) is 3. The maximum absolute atomic E-state index is 11.0. The molecule has 2 atom stereocenters. The molecule has 1 heterocycles. The van der Waals surface area contributed by atoms with Crippen molar-refractivity contribution >= 4 is 6.09 Å². The molecule has 6 nitrogen and oxygen atoms in total. The van der Waals surface area contributed by atoms with Gasteiger partial charge in [0, 0.05) is 6.54 Å². The largest absolute Gasteiger partial charge is 0.497 e. The molecule has 21 heavy (non-hydrogen) atoms. The summed E-state index contributed by atoms with van der Waals surface area (Å²) in [6.45, 7) is 2.42. The van der Waals surface area contributed by atoms with Crippen molar-refractivity contribution in [3.05, 3.63) is 29.8 Å². The molecule has 3 N–H and O–H groups in total. The molecule has 2 unspecified atom stereocenters. The zero-order valence-corrected chi connectivity index (χ0v) is 12.2. The SMILES string of the molecule is COc1ccc(C(O)C(CN2CCCC2)NC(=O)O)cc1. The number of aliphatic hydroxyl groups is 1. The van der Waals surface area contributed by atoms with Crippen molar-refractivity contribution in [2.75, 3.05) is 26.7 Å². The quantitative estimate of drug-likeness (QED) is 0.740. The van der Waals surface area contributed by atoms with E-state index in [1.807, 2.05) is 0 Å². The molecule has 0 bridgehead atoms. The van der Waals surface area contributed by atoms with E-state index in [-0.39, 0.29) is 0 Å². The molecule has 6 heteroatoms. The van der Waals surface area contributed by atoms with E-state index in [1.165, 1.54) is 0 Å². The van der Waals surface area contributed by atoms with E-state index in [1.54, 1.807) is 31.4 Å². The molecule has 0 radical (unpaired) electrons. The van der Waals surface area contributed by atoms with Crippen LogP contribution in [0.3, 0.4) is 0 Å². The number of amides is 1. The molecule has 1 saturated heterocycles. The molecule has 0 saturated carbocycles. The summed E-state index contributed by atoms with van der Waals surface area (Å²) in [5.41, 5.74) is 0.675. The second-order valence-electron chi connectivity index (χ2n) is 5.28. The summed E-state index contributed by atoms with van der Waals surface area (Å²) in [7, 11) is 1.58. The maximum atomic E-state index is 11.0. The molecule has 1 aliphatic heterocycles. The van der Waals surface area contributed by atoms with Crippen LogP contribution in [0.1, 0.15) is 24.5 Å². The monoisotopic (exact) mass is 294 g/mol. The summed E-state index contributed by atoms with van der Waals surface area (Å²) in [5.74, 6) is 0.702. The van der Waals surface area contributed by atoms with Gasteiger partial charge in [0.1, 0.15) is 11.9 Å². The first-order valence-corrected chi connectivity index (χ1v) is 7.14. The number of aliphatic hydroxyl groups excluding tert-OH is 1. The van der Waals surface area contributed by atoms with Crippen molar-refractivity contribution in [3.63, 3.8) is 0 Å². The van der Waals surface area contributed by atoms with Crippen LogP contribution in [-0.4, -0.2) is 54.0 Å². The normalized spacial score (nSPS) is 18.2. The van der Waals surface area contributed by atoms with E-state index in [0.717, 1.165) is 25.9 Å². The van der Waals surface area contributed by atoms with Gasteiger partial charge < -0.3 is 25.2 Å². The van der Waals surface area contributed by atoms with Gasteiger partial charge in [0.25, 0.3) is 0 Å². The highest BCUT2D eigenvalue weighted by Crippen LogP contribution is 2.22. The molecule has 1 aliphatic rings. The van der Waals surface area contributed by atoms with E-state index in [9.17, 15) is 9.90 Å². The minimum absolute atomic E-state index is 0.513. The molecule has 0 aromatic heterocycles. The average molecular weight is 294 g/mol. The molecule has 116 valence electrons. The van der Waals surface area contributed by atoms with E-state index in [0.29, 0.717) is 17.9 Å². The van der Waals surface area contributed by atoms with Crippen LogP contribution in [0.4, 0.5) is 4.79 Å². The van der Waals surface area contributed by atoms with Gasteiger partial charge in [-0.2, -0.15) is 0 Å². The van der Waals surface area contributed by atoms with Crippen LogP contribution in [0.2, 0.25) is 0 Å². The Bertz CT molecular complexity index is 457. The lowest BCUT2D eigenvalue weighted by atomic mass is 10.0. The van der Waals surface area contributed by atoms with Crippen LogP contribution >= 0.6 is 0 Å². The first kappa shape index (κ1) is 15.6. The average Bonchev–Trinajstić information content (AvgIpc) is 2.98. The summed E-state index contributed by atoms with van der Waals surface area (Å²) >= 11 is 0. The van der Waals surface area contributed by atoms with Crippen LogP contribution in [0.5, 0.6) is 5.75 Å². The van der Waals surface area contributed by atoms with E-state index >= 15 is 0 Å². The molecule has 1 aromatic rings. The van der Waals surface area contributed by atoms with Crippen LogP contribution in [0.15, 0.2) is 24.3 Å². The summed E-state index contributed by atoms with van der Waals surface area (Å²) in [6, 6.07) is 6.47. The fourth-order valence-electron chi connectivity index (χ4n) is 2.66. The molecular formula is C15H22N2O4. The van der Waals surface area contributed by atoms with Crippen molar-refractivity contribution in [2.45, 2.75) is 25.0 Å². The Morgan fingerprint density at radius 3 is 2.48 bits per heavy atom. The van der Waals surface area contributed by atoms with Crippen molar-refractivity contribution in [1.82, 2.24) is 10.2 Å². The van der Waals surface area contributed by atoms with Gasteiger partial charge in [-0.25, -0.2) is 4.79 Å². The minimum atomic E-state index is -1.12. The Kier molecular flexibility index (Phi) is 5.41. The highest BCUT2D eigenvalue weighted by atomic mass is 16.5. The highest BCUT2D eigenvalue weighted by molar-refractivity contribution is 5.65. The number of methoxy groups -OCH3 is 1. The molecular weight excluding hydrogens is 272 g/mol. The third kappa shape index (κ3) is 4.34. The van der Waals surface area contributed by atoms with Gasteiger partial charge in [0.15, 0.2) is 0 Å². The van der Waals surface area contributed by atoms with Crippen LogP contribution in [0.25, 0.3) is 0 Å². The third-order valence-corrected chi connectivity index (χ3v) is 3.80. The molecule has 1 fully saturated rings. The number of hydrogen-bond acceptors (Lipinski definition) is 4. The van der Waals surface area contributed by atoms with Gasteiger partial charge >= 0.3 is 6.09 Å². The van der Waals surface area contributed by atoms with Gasteiger partial charge in [0.05, 0.1) is 13.2 Å². The van der Waals surface area contributed by atoms with Gasteiger partial charge in [-0.15, -0.1) is 0 Å². The fraction of sp³-hybridized carbons (Fsp3) is 0.533. The minimum Gasteiger partial charge on any atom is -0.497 e. The number of benzene rings is 1.